The van der Waals surface area contributed by atoms with E-state index in [0.717, 1.165) is 19.4 Å². The minimum absolute atomic E-state index is 0.0303. The van der Waals surface area contributed by atoms with Crippen molar-refractivity contribution in [1.82, 2.24) is 4.90 Å². The van der Waals surface area contributed by atoms with Gasteiger partial charge in [0, 0.05) is 26.1 Å². The van der Waals surface area contributed by atoms with Crippen LogP contribution in [0, 0.1) is 11.8 Å². The van der Waals surface area contributed by atoms with Gasteiger partial charge in [0.1, 0.15) is 6.61 Å². The molecule has 0 radical (unpaired) electrons. The normalized spacial score (nSPS) is 31.9. The van der Waals surface area contributed by atoms with Crippen molar-refractivity contribution in [2.24, 2.45) is 11.8 Å². The van der Waals surface area contributed by atoms with Crippen LogP contribution in [0.25, 0.3) is 0 Å². The van der Waals surface area contributed by atoms with Gasteiger partial charge in [-0.2, -0.15) is 0 Å². The molecular weight excluding hydrogens is 222 g/mol. The molecular formula is C12H21NO4. The largest absolute Gasteiger partial charge is 0.393 e. The van der Waals surface area contributed by atoms with Crippen LogP contribution in [0.3, 0.4) is 0 Å². The SMILES string of the molecule is COCCOCC(=O)N1CC2CCC(O)C2C1. The third kappa shape index (κ3) is 2.97. The van der Waals surface area contributed by atoms with E-state index in [4.69, 9.17) is 9.47 Å². The van der Waals surface area contributed by atoms with Gasteiger partial charge in [0.25, 0.3) is 0 Å². The molecule has 1 aliphatic carbocycles. The summed E-state index contributed by atoms with van der Waals surface area (Å²) in [6, 6.07) is 0. The van der Waals surface area contributed by atoms with Gasteiger partial charge in [-0.25, -0.2) is 0 Å². The van der Waals surface area contributed by atoms with Crippen LogP contribution in [0.2, 0.25) is 0 Å². The third-order valence-corrected chi connectivity index (χ3v) is 3.83. The van der Waals surface area contributed by atoms with E-state index < -0.39 is 0 Å². The molecule has 1 amide bonds. The van der Waals surface area contributed by atoms with E-state index >= 15 is 0 Å². The van der Waals surface area contributed by atoms with Gasteiger partial charge in [0.2, 0.25) is 5.91 Å². The lowest BCUT2D eigenvalue weighted by Crippen LogP contribution is -2.34. The number of likely N-dealkylation sites (tertiary alicyclic amines) is 1. The van der Waals surface area contributed by atoms with Crippen molar-refractivity contribution in [3.05, 3.63) is 0 Å². The highest BCUT2D eigenvalue weighted by Crippen LogP contribution is 2.37. The molecule has 5 heteroatoms. The number of aliphatic hydroxyl groups excluding tert-OH is 1. The standard InChI is InChI=1S/C12H21NO4/c1-16-4-5-17-8-12(15)13-6-9-2-3-11(14)10(9)7-13/h9-11,14H,2-8H2,1H3. The summed E-state index contributed by atoms with van der Waals surface area (Å²) in [5.74, 6) is 0.813. The molecule has 0 bridgehead atoms. The number of methoxy groups -OCH3 is 1. The number of carbonyl (C=O) groups is 1. The zero-order valence-corrected chi connectivity index (χ0v) is 10.3. The molecule has 3 atom stereocenters. The molecule has 1 aliphatic heterocycles. The zero-order valence-electron chi connectivity index (χ0n) is 10.3. The molecule has 5 nitrogen and oxygen atoms in total. The molecule has 98 valence electrons. The average Bonchev–Trinajstić information content (AvgIpc) is 2.87. The first-order valence-corrected chi connectivity index (χ1v) is 6.25. The van der Waals surface area contributed by atoms with Crippen molar-refractivity contribution in [2.75, 3.05) is 40.0 Å². The lowest BCUT2D eigenvalue weighted by molar-refractivity contribution is -0.135. The van der Waals surface area contributed by atoms with Crippen LogP contribution < -0.4 is 0 Å². The molecule has 1 N–H and O–H groups in total. The molecule has 2 rings (SSSR count). The minimum Gasteiger partial charge on any atom is -0.393 e. The molecule has 0 aromatic heterocycles. The molecule has 1 heterocycles. The monoisotopic (exact) mass is 243 g/mol. The Balaban J connectivity index is 1.71. The summed E-state index contributed by atoms with van der Waals surface area (Å²) in [7, 11) is 1.61. The van der Waals surface area contributed by atoms with Crippen LogP contribution >= 0.6 is 0 Å². The molecule has 17 heavy (non-hydrogen) atoms. The summed E-state index contributed by atoms with van der Waals surface area (Å²) < 4.78 is 10.1. The van der Waals surface area contributed by atoms with Crippen molar-refractivity contribution in [2.45, 2.75) is 18.9 Å². The molecule has 0 aromatic carbocycles. The van der Waals surface area contributed by atoms with E-state index in [2.05, 4.69) is 0 Å². The Labute approximate surface area is 102 Å². The Bertz CT molecular complexity index is 271. The predicted octanol–water partition coefficient (Wildman–Crippen LogP) is -0.121. The topological polar surface area (TPSA) is 59.0 Å². The fourth-order valence-corrected chi connectivity index (χ4v) is 2.83. The van der Waals surface area contributed by atoms with Crippen LogP contribution in [0.5, 0.6) is 0 Å². The molecule has 1 saturated heterocycles. The van der Waals surface area contributed by atoms with Gasteiger partial charge in [-0.3, -0.25) is 4.79 Å². The van der Waals surface area contributed by atoms with Crippen LogP contribution in [-0.4, -0.2) is 62.0 Å². The quantitative estimate of drug-likeness (QED) is 0.684. The van der Waals surface area contributed by atoms with Gasteiger partial charge >= 0.3 is 0 Å². The van der Waals surface area contributed by atoms with Crippen molar-refractivity contribution in [1.29, 1.82) is 0 Å². The Morgan fingerprint density at radius 2 is 2.18 bits per heavy atom. The first-order valence-electron chi connectivity index (χ1n) is 6.25. The highest BCUT2D eigenvalue weighted by molar-refractivity contribution is 5.77. The predicted molar refractivity (Wildman–Crippen MR) is 61.5 cm³/mol. The van der Waals surface area contributed by atoms with Crippen molar-refractivity contribution in [3.63, 3.8) is 0 Å². The van der Waals surface area contributed by atoms with Gasteiger partial charge in [0.15, 0.2) is 0 Å². The molecule has 2 aliphatic rings. The van der Waals surface area contributed by atoms with Crippen LogP contribution in [-0.2, 0) is 14.3 Å². The number of hydrogen-bond donors (Lipinski definition) is 1. The van der Waals surface area contributed by atoms with Crippen LogP contribution in [0.1, 0.15) is 12.8 Å². The summed E-state index contributed by atoms with van der Waals surface area (Å²) in [6.45, 7) is 2.56. The molecule has 1 saturated carbocycles. The number of aliphatic hydroxyl groups is 1. The number of fused-ring (bicyclic) bond motifs is 1. The fourth-order valence-electron chi connectivity index (χ4n) is 2.83. The Morgan fingerprint density at radius 3 is 2.88 bits per heavy atom. The lowest BCUT2D eigenvalue weighted by Gasteiger charge is -2.18. The van der Waals surface area contributed by atoms with Crippen molar-refractivity contribution >= 4 is 5.91 Å². The lowest BCUT2D eigenvalue weighted by atomic mass is 10.00. The van der Waals surface area contributed by atoms with E-state index in [0.29, 0.717) is 25.7 Å². The second kappa shape index (κ2) is 5.80. The molecule has 0 spiro atoms. The van der Waals surface area contributed by atoms with Gasteiger partial charge in [-0.1, -0.05) is 0 Å². The van der Waals surface area contributed by atoms with Crippen molar-refractivity contribution in [3.8, 4) is 0 Å². The van der Waals surface area contributed by atoms with E-state index in [1.54, 1.807) is 7.11 Å². The average molecular weight is 243 g/mol. The second-order valence-electron chi connectivity index (χ2n) is 4.91. The van der Waals surface area contributed by atoms with Crippen LogP contribution in [0.15, 0.2) is 0 Å². The zero-order chi connectivity index (χ0) is 12.3. The van der Waals surface area contributed by atoms with E-state index in [1.165, 1.54) is 0 Å². The minimum atomic E-state index is -0.216. The molecule has 0 aromatic rings. The van der Waals surface area contributed by atoms with Crippen LogP contribution in [0.4, 0.5) is 0 Å². The Morgan fingerprint density at radius 1 is 1.35 bits per heavy atom. The van der Waals surface area contributed by atoms with E-state index in [1.807, 2.05) is 4.90 Å². The van der Waals surface area contributed by atoms with Crippen molar-refractivity contribution < 1.29 is 19.4 Å². The van der Waals surface area contributed by atoms with Gasteiger partial charge in [0.05, 0.1) is 19.3 Å². The van der Waals surface area contributed by atoms with E-state index in [-0.39, 0.29) is 24.5 Å². The Hall–Kier alpha value is -0.650. The smallest absolute Gasteiger partial charge is 0.248 e. The fraction of sp³-hybridized carbons (Fsp3) is 0.917. The number of ether oxygens (including phenoxy) is 2. The number of nitrogens with zero attached hydrogens (tertiary/aromatic N) is 1. The summed E-state index contributed by atoms with van der Waals surface area (Å²) in [5.41, 5.74) is 0. The maximum Gasteiger partial charge on any atom is 0.248 e. The molecule has 2 fully saturated rings. The summed E-state index contributed by atoms with van der Waals surface area (Å²) in [5, 5.41) is 9.76. The first kappa shape index (κ1) is 12.8. The summed E-state index contributed by atoms with van der Waals surface area (Å²) >= 11 is 0. The summed E-state index contributed by atoms with van der Waals surface area (Å²) in [4.78, 5) is 13.6. The second-order valence-corrected chi connectivity index (χ2v) is 4.91. The summed E-state index contributed by atoms with van der Waals surface area (Å²) in [6.07, 6.45) is 1.72. The third-order valence-electron chi connectivity index (χ3n) is 3.83. The highest BCUT2D eigenvalue weighted by Gasteiger charge is 2.43. The molecule has 3 unspecified atom stereocenters. The Kier molecular flexibility index (Phi) is 4.36. The van der Waals surface area contributed by atoms with Gasteiger partial charge < -0.3 is 19.5 Å². The maximum atomic E-state index is 11.8. The first-order chi connectivity index (χ1) is 8.22. The number of carbonyl (C=O) groups excluding carboxylic acids is 1. The number of amides is 1. The van der Waals surface area contributed by atoms with Gasteiger partial charge in [-0.15, -0.1) is 0 Å². The number of hydrogen-bond acceptors (Lipinski definition) is 4. The maximum absolute atomic E-state index is 11.8. The van der Waals surface area contributed by atoms with E-state index in [9.17, 15) is 9.90 Å². The number of rotatable bonds is 5. The van der Waals surface area contributed by atoms with Gasteiger partial charge in [-0.05, 0) is 18.8 Å². The highest BCUT2D eigenvalue weighted by atomic mass is 16.5.